The van der Waals surface area contributed by atoms with Crippen LogP contribution in [0.15, 0.2) is 47.4 Å². The standard InChI is InChI=1S/C13H8N4O/c1-2-9(13-11(3-1)16-18-17-13)12-8-4-6-14-10(8)5-7-15-12/h1-7,14H. The molecule has 1 aromatic carbocycles. The Hall–Kier alpha value is -2.69. The molecular formula is C13H8N4O. The number of aromatic amines is 1. The number of nitrogens with one attached hydrogen (secondary N) is 1. The fourth-order valence-electron chi connectivity index (χ4n) is 2.19. The van der Waals surface area contributed by atoms with Crippen LogP contribution in [0.25, 0.3) is 33.2 Å². The Kier molecular flexibility index (Phi) is 1.77. The van der Waals surface area contributed by atoms with Gasteiger partial charge in [0.15, 0.2) is 0 Å². The van der Waals surface area contributed by atoms with Gasteiger partial charge >= 0.3 is 0 Å². The number of H-pyrrole nitrogens is 1. The molecule has 4 rings (SSSR count). The van der Waals surface area contributed by atoms with Crippen molar-refractivity contribution in [2.75, 3.05) is 0 Å². The number of fused-ring (bicyclic) bond motifs is 2. The molecule has 0 fully saturated rings. The minimum Gasteiger partial charge on any atom is -0.361 e. The van der Waals surface area contributed by atoms with Crippen LogP contribution in [0.1, 0.15) is 0 Å². The van der Waals surface area contributed by atoms with Crippen LogP contribution >= 0.6 is 0 Å². The molecule has 0 radical (unpaired) electrons. The molecule has 4 aromatic rings. The summed E-state index contributed by atoms with van der Waals surface area (Å²) < 4.78 is 4.79. The van der Waals surface area contributed by atoms with E-state index in [1.165, 1.54) is 0 Å². The minimum absolute atomic E-state index is 0.735. The van der Waals surface area contributed by atoms with E-state index in [1.807, 2.05) is 36.5 Å². The summed E-state index contributed by atoms with van der Waals surface area (Å²) in [6.45, 7) is 0. The predicted molar refractivity (Wildman–Crippen MR) is 66.9 cm³/mol. The second-order valence-corrected chi connectivity index (χ2v) is 4.04. The SMILES string of the molecule is c1cc(-c2nccc3[nH]ccc23)c2nonc2c1. The molecule has 0 spiro atoms. The second kappa shape index (κ2) is 3.40. The van der Waals surface area contributed by atoms with Crippen LogP contribution in [0.5, 0.6) is 0 Å². The summed E-state index contributed by atoms with van der Waals surface area (Å²) in [6.07, 6.45) is 3.68. The maximum absolute atomic E-state index is 4.79. The Morgan fingerprint density at radius 1 is 1.06 bits per heavy atom. The van der Waals surface area contributed by atoms with E-state index in [0.717, 1.165) is 33.2 Å². The third-order valence-corrected chi connectivity index (χ3v) is 3.02. The smallest absolute Gasteiger partial charge is 0.144 e. The highest BCUT2D eigenvalue weighted by Gasteiger charge is 2.12. The third kappa shape index (κ3) is 1.18. The molecule has 0 atom stereocenters. The van der Waals surface area contributed by atoms with E-state index in [1.54, 1.807) is 6.20 Å². The van der Waals surface area contributed by atoms with E-state index in [9.17, 15) is 0 Å². The lowest BCUT2D eigenvalue weighted by Gasteiger charge is -2.02. The monoisotopic (exact) mass is 236 g/mol. The molecule has 0 aliphatic rings. The molecular weight excluding hydrogens is 228 g/mol. The van der Waals surface area contributed by atoms with E-state index < -0.39 is 0 Å². The zero-order valence-corrected chi connectivity index (χ0v) is 9.29. The molecule has 18 heavy (non-hydrogen) atoms. The van der Waals surface area contributed by atoms with E-state index in [-0.39, 0.29) is 0 Å². The number of benzene rings is 1. The zero-order chi connectivity index (χ0) is 11.9. The quantitative estimate of drug-likeness (QED) is 0.551. The number of pyridine rings is 1. The first-order valence-corrected chi connectivity index (χ1v) is 5.57. The highest BCUT2D eigenvalue weighted by atomic mass is 16.6. The van der Waals surface area contributed by atoms with Gasteiger partial charge in [0.25, 0.3) is 0 Å². The summed E-state index contributed by atoms with van der Waals surface area (Å²) in [6, 6.07) is 9.72. The Labute approximate surface area is 101 Å². The summed E-state index contributed by atoms with van der Waals surface area (Å²) in [4.78, 5) is 7.62. The first-order chi connectivity index (χ1) is 8.93. The topological polar surface area (TPSA) is 67.6 Å². The summed E-state index contributed by atoms with van der Waals surface area (Å²) in [5.74, 6) is 0. The van der Waals surface area contributed by atoms with Gasteiger partial charge in [0.2, 0.25) is 0 Å². The maximum atomic E-state index is 4.79. The Morgan fingerprint density at radius 3 is 3.06 bits per heavy atom. The molecule has 86 valence electrons. The van der Waals surface area contributed by atoms with Crippen molar-refractivity contribution in [2.45, 2.75) is 0 Å². The lowest BCUT2D eigenvalue weighted by molar-refractivity contribution is 0.315. The van der Waals surface area contributed by atoms with Crippen molar-refractivity contribution in [3.8, 4) is 11.3 Å². The van der Waals surface area contributed by atoms with Gasteiger partial charge < -0.3 is 4.98 Å². The van der Waals surface area contributed by atoms with E-state index >= 15 is 0 Å². The fourth-order valence-corrected chi connectivity index (χ4v) is 2.19. The van der Waals surface area contributed by atoms with Crippen LogP contribution in [0.2, 0.25) is 0 Å². The normalized spacial score (nSPS) is 11.3. The van der Waals surface area contributed by atoms with Crippen LogP contribution in [-0.2, 0) is 0 Å². The van der Waals surface area contributed by atoms with Gasteiger partial charge in [-0.05, 0) is 28.5 Å². The van der Waals surface area contributed by atoms with Gasteiger partial charge in [-0.15, -0.1) is 0 Å². The number of hydrogen-bond acceptors (Lipinski definition) is 4. The van der Waals surface area contributed by atoms with Crippen LogP contribution in [0.3, 0.4) is 0 Å². The van der Waals surface area contributed by atoms with Crippen molar-refractivity contribution in [2.24, 2.45) is 0 Å². The molecule has 0 amide bonds. The van der Waals surface area contributed by atoms with Crippen molar-refractivity contribution < 1.29 is 4.63 Å². The first-order valence-electron chi connectivity index (χ1n) is 5.57. The van der Waals surface area contributed by atoms with Crippen molar-refractivity contribution in [3.63, 3.8) is 0 Å². The Bertz CT molecular complexity index is 774. The van der Waals surface area contributed by atoms with Gasteiger partial charge in [0.05, 0.1) is 5.69 Å². The van der Waals surface area contributed by atoms with Crippen LogP contribution in [0, 0.1) is 0 Å². The Balaban J connectivity index is 2.13. The van der Waals surface area contributed by atoms with Gasteiger partial charge in [-0.25, -0.2) is 4.63 Å². The van der Waals surface area contributed by atoms with E-state index in [4.69, 9.17) is 4.63 Å². The fraction of sp³-hybridized carbons (Fsp3) is 0. The molecule has 1 N–H and O–H groups in total. The molecule has 0 aliphatic heterocycles. The maximum Gasteiger partial charge on any atom is 0.144 e. The van der Waals surface area contributed by atoms with Crippen LogP contribution < -0.4 is 0 Å². The molecule has 0 saturated carbocycles. The summed E-state index contributed by atoms with van der Waals surface area (Å²) in [5, 5.41) is 8.86. The predicted octanol–water partition coefficient (Wildman–Crippen LogP) is 2.77. The highest BCUT2D eigenvalue weighted by molar-refractivity contribution is 6.00. The second-order valence-electron chi connectivity index (χ2n) is 4.04. The average molecular weight is 236 g/mol. The van der Waals surface area contributed by atoms with Crippen LogP contribution in [0.4, 0.5) is 0 Å². The number of aromatic nitrogens is 4. The van der Waals surface area contributed by atoms with Crippen molar-refractivity contribution in [1.29, 1.82) is 0 Å². The molecule has 3 aromatic heterocycles. The largest absolute Gasteiger partial charge is 0.361 e. The van der Waals surface area contributed by atoms with Gasteiger partial charge in [-0.3, -0.25) is 4.98 Å². The summed E-state index contributed by atoms with van der Waals surface area (Å²) in [7, 11) is 0. The number of rotatable bonds is 1. The van der Waals surface area contributed by atoms with E-state index in [0.29, 0.717) is 0 Å². The Morgan fingerprint density at radius 2 is 2.06 bits per heavy atom. The van der Waals surface area contributed by atoms with Gasteiger partial charge in [0, 0.05) is 28.9 Å². The van der Waals surface area contributed by atoms with Crippen molar-refractivity contribution in [1.82, 2.24) is 20.3 Å². The third-order valence-electron chi connectivity index (χ3n) is 3.02. The average Bonchev–Trinajstić information content (AvgIpc) is 3.06. The molecule has 5 heteroatoms. The number of hydrogen-bond donors (Lipinski definition) is 1. The lowest BCUT2D eigenvalue weighted by atomic mass is 10.1. The van der Waals surface area contributed by atoms with Crippen molar-refractivity contribution >= 4 is 21.9 Å². The highest BCUT2D eigenvalue weighted by Crippen LogP contribution is 2.30. The lowest BCUT2D eigenvalue weighted by Crippen LogP contribution is -1.86. The summed E-state index contributed by atoms with van der Waals surface area (Å²) >= 11 is 0. The molecule has 0 bridgehead atoms. The molecule has 0 aliphatic carbocycles. The molecule has 0 saturated heterocycles. The van der Waals surface area contributed by atoms with Gasteiger partial charge in [-0.1, -0.05) is 12.1 Å². The first kappa shape index (κ1) is 9.35. The molecule has 0 unspecified atom stereocenters. The van der Waals surface area contributed by atoms with Gasteiger partial charge in [0.1, 0.15) is 11.0 Å². The summed E-state index contributed by atoms with van der Waals surface area (Å²) in [5.41, 5.74) is 4.34. The number of nitrogens with zero attached hydrogens (tertiary/aromatic N) is 3. The molecule has 5 nitrogen and oxygen atoms in total. The van der Waals surface area contributed by atoms with Gasteiger partial charge in [-0.2, -0.15) is 0 Å². The van der Waals surface area contributed by atoms with Crippen LogP contribution in [-0.4, -0.2) is 20.3 Å². The zero-order valence-electron chi connectivity index (χ0n) is 9.29. The molecule has 3 heterocycles. The van der Waals surface area contributed by atoms with E-state index in [2.05, 4.69) is 20.3 Å². The van der Waals surface area contributed by atoms with Crippen molar-refractivity contribution in [3.05, 3.63) is 42.7 Å². The minimum atomic E-state index is 0.735.